The predicted octanol–water partition coefficient (Wildman–Crippen LogP) is 2.23. The van der Waals surface area contributed by atoms with Gasteiger partial charge in [0.05, 0.1) is 25.0 Å². The maximum Gasteiger partial charge on any atom is 0.263 e. The van der Waals surface area contributed by atoms with E-state index < -0.39 is 0 Å². The minimum atomic E-state index is -0.114. The van der Waals surface area contributed by atoms with Crippen molar-refractivity contribution in [3.63, 3.8) is 0 Å². The molecule has 0 unspecified atom stereocenters. The van der Waals surface area contributed by atoms with Crippen molar-refractivity contribution >= 4 is 29.4 Å². The first-order valence-corrected chi connectivity index (χ1v) is 11.6. The van der Waals surface area contributed by atoms with Crippen molar-refractivity contribution in [2.45, 2.75) is 25.8 Å². The topological polar surface area (TPSA) is 105 Å². The Labute approximate surface area is 197 Å². The molecular weight excluding hydrogens is 434 g/mol. The summed E-state index contributed by atoms with van der Waals surface area (Å²) in [6.07, 6.45) is 5.12. The van der Waals surface area contributed by atoms with E-state index in [0.29, 0.717) is 51.0 Å². The maximum atomic E-state index is 12.9. The number of carbonyl (C=O) groups excluding carboxylic acids is 1. The lowest BCUT2D eigenvalue weighted by Gasteiger charge is -2.28. The van der Waals surface area contributed by atoms with Crippen LogP contribution in [0.5, 0.6) is 0 Å². The van der Waals surface area contributed by atoms with Gasteiger partial charge in [-0.3, -0.25) is 4.79 Å². The molecule has 1 amide bonds. The summed E-state index contributed by atoms with van der Waals surface area (Å²) >= 11 is 0. The first kappa shape index (κ1) is 22.3. The number of rotatable bonds is 6. The Morgan fingerprint density at radius 3 is 2.74 bits per heavy atom. The fourth-order valence-electron chi connectivity index (χ4n) is 4.19. The number of morpholine rings is 1. The van der Waals surface area contributed by atoms with Gasteiger partial charge in [-0.05, 0) is 31.4 Å². The van der Waals surface area contributed by atoms with Crippen molar-refractivity contribution in [2.24, 2.45) is 5.10 Å². The van der Waals surface area contributed by atoms with E-state index in [-0.39, 0.29) is 11.9 Å². The van der Waals surface area contributed by atoms with E-state index >= 15 is 0 Å². The van der Waals surface area contributed by atoms with Crippen LogP contribution in [0, 0.1) is 6.92 Å². The zero-order chi connectivity index (χ0) is 23.3. The standard InChI is InChI=1S/C24H29N7O3/c1-17-3-2-4-18(13-17)15-25-28-24-27-22(30-7-11-34-12-8-30)21-14-19(16-31(21)29-24)23(32)26-20-5-9-33-10-6-20/h2-4,13-16,20H,5-12H2,1H3,(H,26,32)(H,28,29)/b25-15+. The normalized spacial score (nSPS) is 17.4. The largest absolute Gasteiger partial charge is 0.381 e. The summed E-state index contributed by atoms with van der Waals surface area (Å²) in [6.45, 7) is 6.07. The summed E-state index contributed by atoms with van der Waals surface area (Å²) < 4.78 is 12.6. The van der Waals surface area contributed by atoms with Gasteiger partial charge >= 0.3 is 0 Å². The van der Waals surface area contributed by atoms with Crippen molar-refractivity contribution in [1.29, 1.82) is 0 Å². The molecule has 0 aliphatic carbocycles. The summed E-state index contributed by atoms with van der Waals surface area (Å²) in [5, 5.41) is 12.0. The molecule has 0 bridgehead atoms. The van der Waals surface area contributed by atoms with Gasteiger partial charge in [0.25, 0.3) is 11.9 Å². The molecule has 2 fully saturated rings. The van der Waals surface area contributed by atoms with E-state index in [2.05, 4.69) is 25.8 Å². The van der Waals surface area contributed by atoms with Crippen molar-refractivity contribution in [1.82, 2.24) is 19.9 Å². The quantitative estimate of drug-likeness (QED) is 0.427. The molecule has 2 aliphatic heterocycles. The molecule has 3 aromatic rings. The molecule has 2 saturated heterocycles. The van der Waals surface area contributed by atoms with E-state index in [1.807, 2.05) is 37.3 Å². The van der Waals surface area contributed by atoms with Gasteiger partial charge in [0.2, 0.25) is 0 Å². The van der Waals surface area contributed by atoms with E-state index in [1.165, 1.54) is 0 Å². The number of nitrogens with one attached hydrogen (secondary N) is 2. The minimum absolute atomic E-state index is 0.114. The first-order chi connectivity index (χ1) is 16.7. The van der Waals surface area contributed by atoms with Crippen LogP contribution in [0.2, 0.25) is 0 Å². The number of carbonyl (C=O) groups is 1. The van der Waals surface area contributed by atoms with Crippen molar-refractivity contribution in [3.05, 3.63) is 53.2 Å². The molecule has 0 saturated carbocycles. The fourth-order valence-corrected chi connectivity index (χ4v) is 4.19. The highest BCUT2D eigenvalue weighted by atomic mass is 16.5. The number of hydrogen-bond acceptors (Lipinski definition) is 8. The second-order valence-electron chi connectivity index (χ2n) is 8.56. The summed E-state index contributed by atoms with van der Waals surface area (Å²) in [4.78, 5) is 19.8. The first-order valence-electron chi connectivity index (χ1n) is 11.6. The third-order valence-electron chi connectivity index (χ3n) is 5.99. The molecule has 5 rings (SSSR count). The minimum Gasteiger partial charge on any atom is -0.381 e. The van der Waals surface area contributed by atoms with Gasteiger partial charge in [-0.2, -0.15) is 10.1 Å². The van der Waals surface area contributed by atoms with E-state index in [9.17, 15) is 4.79 Å². The number of anilines is 2. The zero-order valence-corrected chi connectivity index (χ0v) is 19.2. The van der Waals surface area contributed by atoms with Crippen molar-refractivity contribution in [2.75, 3.05) is 49.8 Å². The molecule has 0 radical (unpaired) electrons. The van der Waals surface area contributed by atoms with Crippen LogP contribution in [0.1, 0.15) is 34.3 Å². The van der Waals surface area contributed by atoms with Crippen LogP contribution in [-0.4, -0.2) is 72.3 Å². The Kier molecular flexibility index (Phi) is 6.68. The van der Waals surface area contributed by atoms with Crippen LogP contribution in [-0.2, 0) is 9.47 Å². The lowest BCUT2D eigenvalue weighted by molar-refractivity contribution is 0.0696. The number of amides is 1. The number of hydrogen-bond donors (Lipinski definition) is 2. The van der Waals surface area contributed by atoms with Crippen LogP contribution in [0.4, 0.5) is 11.8 Å². The van der Waals surface area contributed by atoms with Crippen LogP contribution >= 0.6 is 0 Å². The van der Waals surface area contributed by atoms with Crippen LogP contribution in [0.15, 0.2) is 41.6 Å². The van der Waals surface area contributed by atoms with Gasteiger partial charge in [-0.1, -0.05) is 29.8 Å². The van der Waals surface area contributed by atoms with E-state index in [4.69, 9.17) is 14.5 Å². The Morgan fingerprint density at radius 2 is 1.94 bits per heavy atom. The molecule has 10 nitrogen and oxygen atoms in total. The number of fused-ring (bicyclic) bond motifs is 1. The number of hydrazone groups is 1. The second kappa shape index (κ2) is 10.2. The number of aryl methyl sites for hydroxylation is 1. The summed E-state index contributed by atoms with van der Waals surface area (Å²) in [5.41, 5.74) is 6.41. The van der Waals surface area contributed by atoms with Gasteiger partial charge < -0.3 is 19.7 Å². The molecule has 4 heterocycles. The highest BCUT2D eigenvalue weighted by Crippen LogP contribution is 2.24. The Morgan fingerprint density at radius 1 is 1.15 bits per heavy atom. The number of aromatic nitrogens is 3. The predicted molar refractivity (Wildman–Crippen MR) is 130 cm³/mol. The summed E-state index contributed by atoms with van der Waals surface area (Å²) in [7, 11) is 0. The molecular formula is C24H29N7O3. The summed E-state index contributed by atoms with van der Waals surface area (Å²) in [6, 6.07) is 10.0. The van der Waals surface area contributed by atoms with E-state index in [0.717, 1.165) is 35.3 Å². The molecule has 2 aliphatic rings. The van der Waals surface area contributed by atoms with Gasteiger partial charge in [-0.25, -0.2) is 9.94 Å². The highest BCUT2D eigenvalue weighted by Gasteiger charge is 2.22. The lowest BCUT2D eigenvalue weighted by Crippen LogP contribution is -2.38. The van der Waals surface area contributed by atoms with Gasteiger partial charge in [0, 0.05) is 38.5 Å². The second-order valence-corrected chi connectivity index (χ2v) is 8.56. The monoisotopic (exact) mass is 463 g/mol. The maximum absolute atomic E-state index is 12.9. The van der Waals surface area contributed by atoms with Gasteiger partial charge in [0.1, 0.15) is 5.52 Å². The average Bonchev–Trinajstić information content (AvgIpc) is 3.29. The molecule has 1 aromatic carbocycles. The van der Waals surface area contributed by atoms with E-state index in [1.54, 1.807) is 16.9 Å². The van der Waals surface area contributed by atoms with Crippen LogP contribution < -0.4 is 15.6 Å². The molecule has 2 aromatic heterocycles. The molecule has 2 N–H and O–H groups in total. The number of ether oxygens (including phenoxy) is 2. The number of nitrogens with zero attached hydrogens (tertiary/aromatic N) is 5. The Bertz CT molecular complexity index is 1180. The fraction of sp³-hybridized carbons (Fsp3) is 0.417. The highest BCUT2D eigenvalue weighted by molar-refractivity contribution is 5.96. The van der Waals surface area contributed by atoms with Gasteiger partial charge in [0.15, 0.2) is 5.82 Å². The molecule has 10 heteroatoms. The van der Waals surface area contributed by atoms with Crippen LogP contribution in [0.3, 0.4) is 0 Å². The smallest absolute Gasteiger partial charge is 0.263 e. The van der Waals surface area contributed by atoms with Crippen molar-refractivity contribution < 1.29 is 14.3 Å². The average molecular weight is 464 g/mol. The SMILES string of the molecule is Cc1cccc(/C=N/Nc2nc(N3CCOCC3)c3cc(C(=O)NC4CCOCC4)cn3n2)c1. The third-order valence-corrected chi connectivity index (χ3v) is 5.99. The van der Waals surface area contributed by atoms with Crippen LogP contribution in [0.25, 0.3) is 5.52 Å². The third kappa shape index (κ3) is 5.18. The van der Waals surface area contributed by atoms with Crippen molar-refractivity contribution in [3.8, 4) is 0 Å². The summed E-state index contributed by atoms with van der Waals surface area (Å²) in [5.74, 6) is 0.985. The Balaban J connectivity index is 1.41. The molecule has 178 valence electrons. The Hall–Kier alpha value is -3.50. The molecule has 34 heavy (non-hydrogen) atoms. The zero-order valence-electron chi connectivity index (χ0n) is 19.2. The van der Waals surface area contributed by atoms with Gasteiger partial charge in [-0.15, -0.1) is 5.10 Å². The molecule has 0 atom stereocenters. The number of benzene rings is 1. The lowest BCUT2D eigenvalue weighted by atomic mass is 10.1. The molecule has 0 spiro atoms.